The number of halogens is 1. The maximum atomic E-state index is 12.0. The van der Waals surface area contributed by atoms with Gasteiger partial charge < -0.3 is 9.64 Å². The lowest BCUT2D eigenvalue weighted by Crippen LogP contribution is -2.40. The zero-order valence-electron chi connectivity index (χ0n) is 10.3. The van der Waals surface area contributed by atoms with Crippen LogP contribution in [0.2, 0.25) is 0 Å². The summed E-state index contributed by atoms with van der Waals surface area (Å²) in [4.78, 5) is 17.8. The third-order valence-corrected chi connectivity index (χ3v) is 3.05. The topological polar surface area (TPSA) is 42.4 Å². The van der Waals surface area contributed by atoms with Crippen LogP contribution in [0, 0.1) is 0 Å². The van der Waals surface area contributed by atoms with E-state index in [-0.39, 0.29) is 5.91 Å². The van der Waals surface area contributed by atoms with E-state index in [9.17, 15) is 4.79 Å². The predicted molar refractivity (Wildman–Crippen MR) is 70.0 cm³/mol. The van der Waals surface area contributed by atoms with Crippen LogP contribution < -0.4 is 4.74 Å². The van der Waals surface area contributed by atoms with Crippen molar-refractivity contribution >= 4 is 21.8 Å². The highest BCUT2D eigenvalue weighted by atomic mass is 79.9. The highest BCUT2D eigenvalue weighted by Crippen LogP contribution is 2.22. The summed E-state index contributed by atoms with van der Waals surface area (Å²) in [6.45, 7) is 7.04. The Bertz CT molecular complexity index is 381. The molecule has 0 radical (unpaired) electrons. The molecule has 0 aliphatic carbocycles. The van der Waals surface area contributed by atoms with Gasteiger partial charge in [-0.3, -0.25) is 4.79 Å². The van der Waals surface area contributed by atoms with Crippen molar-refractivity contribution in [2.45, 2.75) is 26.9 Å². The molecule has 0 aliphatic rings. The fourth-order valence-electron chi connectivity index (χ4n) is 1.49. The predicted octanol–water partition coefficient (Wildman–Crippen LogP) is 2.48. The molecule has 0 aromatic carbocycles. The first-order chi connectivity index (χ1) is 8.10. The molecular weight excluding hydrogens is 284 g/mol. The Labute approximate surface area is 110 Å². The van der Waals surface area contributed by atoms with Crippen molar-refractivity contribution in [3.05, 3.63) is 22.9 Å². The zero-order valence-corrected chi connectivity index (χ0v) is 11.9. The highest BCUT2D eigenvalue weighted by Gasteiger charge is 2.20. The molecule has 1 atom stereocenters. The number of ether oxygens (including phenoxy) is 1. The molecule has 0 aliphatic heterocycles. The Morgan fingerprint density at radius 1 is 1.53 bits per heavy atom. The number of rotatable bonds is 5. The Kier molecular flexibility index (Phi) is 5.41. The van der Waals surface area contributed by atoms with Gasteiger partial charge in [-0.05, 0) is 48.8 Å². The maximum absolute atomic E-state index is 12.0. The van der Waals surface area contributed by atoms with Crippen LogP contribution >= 0.6 is 15.9 Å². The van der Waals surface area contributed by atoms with E-state index < -0.39 is 6.10 Å². The number of carbonyl (C=O) groups is 1. The van der Waals surface area contributed by atoms with Gasteiger partial charge in [0.15, 0.2) is 11.9 Å². The van der Waals surface area contributed by atoms with Crippen LogP contribution in [0.5, 0.6) is 5.75 Å². The monoisotopic (exact) mass is 300 g/mol. The number of aromatic nitrogens is 1. The number of nitrogens with zero attached hydrogens (tertiary/aromatic N) is 2. The number of carbonyl (C=O) groups excluding carboxylic acids is 1. The summed E-state index contributed by atoms with van der Waals surface area (Å²) in [5, 5.41) is 0. The molecule has 4 nitrogen and oxygen atoms in total. The van der Waals surface area contributed by atoms with Crippen molar-refractivity contribution in [1.29, 1.82) is 0 Å². The average Bonchev–Trinajstić information content (AvgIpc) is 2.33. The summed E-state index contributed by atoms with van der Waals surface area (Å²) < 4.78 is 6.20. The number of likely N-dealkylation sites (N-methyl/N-ethyl adjacent to an activating group) is 1. The van der Waals surface area contributed by atoms with Crippen molar-refractivity contribution in [2.75, 3.05) is 13.1 Å². The van der Waals surface area contributed by atoms with Gasteiger partial charge in [0.1, 0.15) is 4.60 Å². The Balaban J connectivity index is 2.69. The molecule has 5 heteroatoms. The van der Waals surface area contributed by atoms with E-state index in [0.717, 1.165) is 0 Å². The molecule has 0 saturated carbocycles. The largest absolute Gasteiger partial charge is 0.478 e. The second kappa shape index (κ2) is 6.59. The van der Waals surface area contributed by atoms with Gasteiger partial charge in [0.2, 0.25) is 0 Å². The van der Waals surface area contributed by atoms with Gasteiger partial charge >= 0.3 is 0 Å². The van der Waals surface area contributed by atoms with E-state index in [1.165, 1.54) is 0 Å². The lowest BCUT2D eigenvalue weighted by molar-refractivity contribution is -0.137. The number of pyridine rings is 1. The van der Waals surface area contributed by atoms with Crippen LogP contribution in [0.3, 0.4) is 0 Å². The van der Waals surface area contributed by atoms with Gasteiger partial charge in [0, 0.05) is 19.3 Å². The molecule has 94 valence electrons. The first-order valence-corrected chi connectivity index (χ1v) is 6.45. The molecule has 17 heavy (non-hydrogen) atoms. The van der Waals surface area contributed by atoms with Crippen molar-refractivity contribution in [1.82, 2.24) is 9.88 Å². The first kappa shape index (κ1) is 14.0. The summed E-state index contributed by atoms with van der Waals surface area (Å²) in [7, 11) is 0. The zero-order chi connectivity index (χ0) is 12.8. The minimum atomic E-state index is -0.504. The van der Waals surface area contributed by atoms with E-state index >= 15 is 0 Å². The molecular formula is C12H17BrN2O2. The van der Waals surface area contributed by atoms with Gasteiger partial charge in [0.05, 0.1) is 0 Å². The average molecular weight is 301 g/mol. The SMILES string of the molecule is CCN(CC)C(=O)C(C)Oc1cccnc1Br. The summed E-state index contributed by atoms with van der Waals surface area (Å²) in [5.41, 5.74) is 0. The standard InChI is InChI=1S/C12H17BrN2O2/c1-4-15(5-2)12(16)9(3)17-10-7-6-8-14-11(10)13/h6-9H,4-5H2,1-3H3. The summed E-state index contributed by atoms with van der Waals surface area (Å²) in [6, 6.07) is 3.55. The smallest absolute Gasteiger partial charge is 0.263 e. The Hall–Kier alpha value is -1.10. The molecule has 0 fully saturated rings. The van der Waals surface area contributed by atoms with Crippen LogP contribution in [-0.4, -0.2) is 35.0 Å². The minimum Gasteiger partial charge on any atom is -0.478 e. The summed E-state index contributed by atoms with van der Waals surface area (Å²) >= 11 is 3.28. The van der Waals surface area contributed by atoms with E-state index in [0.29, 0.717) is 23.4 Å². The number of amides is 1. The van der Waals surface area contributed by atoms with Crippen molar-refractivity contribution < 1.29 is 9.53 Å². The Morgan fingerprint density at radius 3 is 2.71 bits per heavy atom. The molecule has 1 aromatic rings. The van der Waals surface area contributed by atoms with Crippen molar-refractivity contribution in [2.24, 2.45) is 0 Å². The minimum absolute atomic E-state index is 0.00856. The maximum Gasteiger partial charge on any atom is 0.263 e. The molecule has 1 aromatic heterocycles. The van der Waals surface area contributed by atoms with Crippen LogP contribution in [-0.2, 0) is 4.79 Å². The van der Waals surface area contributed by atoms with Crippen LogP contribution in [0.15, 0.2) is 22.9 Å². The second-order valence-corrected chi connectivity index (χ2v) is 4.31. The fraction of sp³-hybridized carbons (Fsp3) is 0.500. The molecule has 0 spiro atoms. The summed E-state index contributed by atoms with van der Waals surface area (Å²) in [5.74, 6) is 0.575. The Morgan fingerprint density at radius 2 is 2.18 bits per heavy atom. The van der Waals surface area contributed by atoms with Gasteiger partial charge in [-0.15, -0.1) is 0 Å². The van der Waals surface area contributed by atoms with E-state index in [4.69, 9.17) is 4.74 Å². The van der Waals surface area contributed by atoms with Crippen molar-refractivity contribution in [3.8, 4) is 5.75 Å². The van der Waals surface area contributed by atoms with Crippen LogP contribution in [0.1, 0.15) is 20.8 Å². The molecule has 0 saturated heterocycles. The quantitative estimate of drug-likeness (QED) is 0.785. The summed E-state index contributed by atoms with van der Waals surface area (Å²) in [6.07, 6.45) is 1.16. The molecule has 1 heterocycles. The second-order valence-electron chi connectivity index (χ2n) is 3.56. The van der Waals surface area contributed by atoms with Crippen LogP contribution in [0.25, 0.3) is 0 Å². The van der Waals surface area contributed by atoms with Gasteiger partial charge in [-0.25, -0.2) is 4.98 Å². The molecule has 1 rings (SSSR count). The normalized spacial score (nSPS) is 12.0. The lowest BCUT2D eigenvalue weighted by Gasteiger charge is -2.23. The van der Waals surface area contributed by atoms with Gasteiger partial charge in [0.25, 0.3) is 5.91 Å². The third kappa shape index (κ3) is 3.70. The number of hydrogen-bond donors (Lipinski definition) is 0. The first-order valence-electron chi connectivity index (χ1n) is 5.66. The van der Waals surface area contributed by atoms with E-state index in [1.54, 1.807) is 30.2 Å². The molecule has 1 unspecified atom stereocenters. The van der Waals surface area contributed by atoms with Gasteiger partial charge in [-0.2, -0.15) is 0 Å². The third-order valence-electron chi connectivity index (χ3n) is 2.45. The molecule has 1 amide bonds. The molecule has 0 N–H and O–H groups in total. The van der Waals surface area contributed by atoms with Crippen LogP contribution in [0.4, 0.5) is 0 Å². The van der Waals surface area contributed by atoms with E-state index in [2.05, 4.69) is 20.9 Å². The highest BCUT2D eigenvalue weighted by molar-refractivity contribution is 9.10. The fourth-order valence-corrected chi connectivity index (χ4v) is 1.84. The number of hydrogen-bond acceptors (Lipinski definition) is 3. The van der Waals surface area contributed by atoms with Crippen molar-refractivity contribution in [3.63, 3.8) is 0 Å². The lowest BCUT2D eigenvalue weighted by atomic mass is 10.3. The van der Waals surface area contributed by atoms with E-state index in [1.807, 2.05) is 13.8 Å². The van der Waals surface area contributed by atoms with Gasteiger partial charge in [-0.1, -0.05) is 0 Å². The molecule has 0 bridgehead atoms.